The third-order valence-electron chi connectivity index (χ3n) is 7.84. The molecule has 0 N–H and O–H groups in total. The van der Waals surface area contributed by atoms with E-state index in [0.29, 0.717) is 0 Å². The SMILES string of the molecule is C=CC1CCC(CCCCC2CCC(c3ccc(OC)c(CCC)c3)CC2)CC1. The first-order chi connectivity index (χ1) is 14.2. The molecule has 2 aliphatic rings. The maximum absolute atomic E-state index is 5.56. The zero-order chi connectivity index (χ0) is 20.5. The van der Waals surface area contributed by atoms with Gasteiger partial charge in [0.25, 0.3) is 0 Å². The lowest BCUT2D eigenvalue weighted by atomic mass is 9.76. The van der Waals surface area contributed by atoms with E-state index in [0.717, 1.165) is 35.8 Å². The van der Waals surface area contributed by atoms with Gasteiger partial charge in [0.1, 0.15) is 5.75 Å². The fourth-order valence-electron chi connectivity index (χ4n) is 5.88. The molecule has 1 nitrogen and oxygen atoms in total. The summed E-state index contributed by atoms with van der Waals surface area (Å²) in [5, 5.41) is 0. The van der Waals surface area contributed by atoms with Crippen LogP contribution in [0.3, 0.4) is 0 Å². The summed E-state index contributed by atoms with van der Waals surface area (Å²) in [5.74, 6) is 4.64. The van der Waals surface area contributed by atoms with Crippen LogP contribution in [0.4, 0.5) is 0 Å². The van der Waals surface area contributed by atoms with E-state index in [1.807, 2.05) is 0 Å². The molecular formula is C28H44O. The molecule has 29 heavy (non-hydrogen) atoms. The topological polar surface area (TPSA) is 9.23 Å². The fraction of sp³-hybridized carbons (Fsp3) is 0.714. The van der Waals surface area contributed by atoms with Gasteiger partial charge in [-0.25, -0.2) is 0 Å². The normalized spacial score (nSPS) is 27.5. The van der Waals surface area contributed by atoms with Gasteiger partial charge >= 0.3 is 0 Å². The van der Waals surface area contributed by atoms with E-state index in [1.54, 1.807) is 12.7 Å². The van der Waals surface area contributed by atoms with Gasteiger partial charge in [0.05, 0.1) is 7.11 Å². The number of benzene rings is 1. The van der Waals surface area contributed by atoms with Crippen molar-refractivity contribution in [3.8, 4) is 5.75 Å². The summed E-state index contributed by atoms with van der Waals surface area (Å²) in [6, 6.07) is 6.97. The zero-order valence-corrected chi connectivity index (χ0v) is 19.1. The van der Waals surface area contributed by atoms with E-state index in [-0.39, 0.29) is 0 Å². The fourth-order valence-corrected chi connectivity index (χ4v) is 5.88. The van der Waals surface area contributed by atoms with Crippen molar-refractivity contribution in [3.05, 3.63) is 42.0 Å². The Hall–Kier alpha value is -1.24. The average Bonchev–Trinajstić information content (AvgIpc) is 2.78. The van der Waals surface area contributed by atoms with E-state index in [9.17, 15) is 0 Å². The third-order valence-corrected chi connectivity index (χ3v) is 7.84. The number of aryl methyl sites for hydroxylation is 1. The van der Waals surface area contributed by atoms with E-state index in [1.165, 1.54) is 89.0 Å². The van der Waals surface area contributed by atoms with Gasteiger partial charge in [-0.1, -0.05) is 57.2 Å². The minimum atomic E-state index is 0.771. The van der Waals surface area contributed by atoms with Crippen LogP contribution in [0.25, 0.3) is 0 Å². The molecular weight excluding hydrogens is 352 g/mol. The minimum Gasteiger partial charge on any atom is -0.496 e. The van der Waals surface area contributed by atoms with E-state index < -0.39 is 0 Å². The lowest BCUT2D eigenvalue weighted by molar-refractivity contribution is 0.274. The zero-order valence-electron chi connectivity index (χ0n) is 19.1. The van der Waals surface area contributed by atoms with Crippen molar-refractivity contribution in [2.75, 3.05) is 7.11 Å². The molecule has 3 rings (SSSR count). The second-order valence-corrected chi connectivity index (χ2v) is 9.84. The summed E-state index contributed by atoms with van der Waals surface area (Å²) in [4.78, 5) is 0. The van der Waals surface area contributed by atoms with E-state index >= 15 is 0 Å². The molecule has 2 aliphatic carbocycles. The predicted octanol–water partition coefficient (Wildman–Crippen LogP) is 8.47. The Morgan fingerprint density at radius 3 is 2.10 bits per heavy atom. The monoisotopic (exact) mass is 396 g/mol. The maximum atomic E-state index is 5.56. The standard InChI is InChI=1S/C28H44O/c1-4-8-27-21-26(19-20-28(27)29-3)25-17-15-24(16-18-25)10-7-6-9-23-13-11-22(5-2)12-14-23/h5,19-25H,2,4,6-18H2,1,3H3. The molecule has 0 heterocycles. The Balaban J connectivity index is 1.35. The number of hydrogen-bond acceptors (Lipinski definition) is 1. The highest BCUT2D eigenvalue weighted by molar-refractivity contribution is 5.39. The number of hydrogen-bond donors (Lipinski definition) is 0. The lowest BCUT2D eigenvalue weighted by Gasteiger charge is -2.30. The number of rotatable bonds is 10. The van der Waals surface area contributed by atoms with Crippen molar-refractivity contribution in [2.45, 2.75) is 103 Å². The molecule has 162 valence electrons. The molecule has 1 aromatic carbocycles. The molecule has 1 heteroatoms. The van der Waals surface area contributed by atoms with Crippen LogP contribution in [0, 0.1) is 17.8 Å². The number of ether oxygens (including phenoxy) is 1. The highest BCUT2D eigenvalue weighted by Crippen LogP contribution is 2.39. The molecule has 0 spiro atoms. The van der Waals surface area contributed by atoms with Gasteiger partial charge in [-0.05, 0) is 98.7 Å². The van der Waals surface area contributed by atoms with Crippen LogP contribution in [0.5, 0.6) is 5.75 Å². The van der Waals surface area contributed by atoms with Gasteiger partial charge in [-0.2, -0.15) is 0 Å². The molecule has 0 radical (unpaired) electrons. The van der Waals surface area contributed by atoms with E-state index in [4.69, 9.17) is 4.74 Å². The van der Waals surface area contributed by atoms with Crippen molar-refractivity contribution < 1.29 is 4.74 Å². The van der Waals surface area contributed by atoms with Crippen molar-refractivity contribution in [1.29, 1.82) is 0 Å². The molecule has 2 fully saturated rings. The van der Waals surface area contributed by atoms with Gasteiger partial charge < -0.3 is 4.74 Å². The quantitative estimate of drug-likeness (QED) is 0.284. The Kier molecular flexibility index (Phi) is 9.15. The summed E-state index contributed by atoms with van der Waals surface area (Å²) in [6.07, 6.45) is 21.7. The molecule has 0 aliphatic heterocycles. The average molecular weight is 397 g/mol. The first kappa shape index (κ1) is 22.4. The van der Waals surface area contributed by atoms with Crippen LogP contribution in [-0.4, -0.2) is 7.11 Å². The van der Waals surface area contributed by atoms with Crippen LogP contribution >= 0.6 is 0 Å². The summed E-state index contributed by atoms with van der Waals surface area (Å²) >= 11 is 0. The van der Waals surface area contributed by atoms with Crippen molar-refractivity contribution >= 4 is 0 Å². The highest BCUT2D eigenvalue weighted by atomic mass is 16.5. The summed E-state index contributed by atoms with van der Waals surface area (Å²) in [7, 11) is 1.80. The first-order valence-electron chi connectivity index (χ1n) is 12.5. The van der Waals surface area contributed by atoms with Crippen LogP contribution in [0.15, 0.2) is 30.9 Å². The maximum Gasteiger partial charge on any atom is 0.122 e. The van der Waals surface area contributed by atoms with Gasteiger partial charge in [-0.3, -0.25) is 0 Å². The van der Waals surface area contributed by atoms with Crippen LogP contribution < -0.4 is 4.74 Å². The Morgan fingerprint density at radius 1 is 0.931 bits per heavy atom. The second kappa shape index (κ2) is 11.8. The molecule has 2 saturated carbocycles. The van der Waals surface area contributed by atoms with Gasteiger partial charge in [0.15, 0.2) is 0 Å². The Morgan fingerprint density at radius 2 is 1.55 bits per heavy atom. The lowest BCUT2D eigenvalue weighted by Crippen LogP contribution is -2.14. The largest absolute Gasteiger partial charge is 0.496 e. The highest BCUT2D eigenvalue weighted by Gasteiger charge is 2.23. The molecule has 1 aromatic rings. The Labute approximate surface area is 180 Å². The molecule has 0 unspecified atom stereocenters. The smallest absolute Gasteiger partial charge is 0.122 e. The van der Waals surface area contributed by atoms with Crippen molar-refractivity contribution in [3.63, 3.8) is 0 Å². The van der Waals surface area contributed by atoms with Gasteiger partial charge in [0.2, 0.25) is 0 Å². The number of unbranched alkanes of at least 4 members (excludes halogenated alkanes) is 1. The molecule has 0 amide bonds. The first-order valence-corrected chi connectivity index (χ1v) is 12.5. The number of methoxy groups -OCH3 is 1. The number of allylic oxidation sites excluding steroid dienone is 1. The van der Waals surface area contributed by atoms with Crippen LogP contribution in [0.1, 0.15) is 107 Å². The van der Waals surface area contributed by atoms with Crippen molar-refractivity contribution in [1.82, 2.24) is 0 Å². The predicted molar refractivity (Wildman–Crippen MR) is 126 cm³/mol. The summed E-state index contributed by atoms with van der Waals surface area (Å²) in [5.41, 5.74) is 2.96. The third kappa shape index (κ3) is 6.63. The molecule has 0 saturated heterocycles. The minimum absolute atomic E-state index is 0.771. The molecule has 0 bridgehead atoms. The molecule has 0 atom stereocenters. The molecule has 0 aromatic heterocycles. The van der Waals surface area contributed by atoms with Gasteiger partial charge in [-0.15, -0.1) is 6.58 Å². The van der Waals surface area contributed by atoms with Crippen LogP contribution in [0.2, 0.25) is 0 Å². The van der Waals surface area contributed by atoms with Gasteiger partial charge in [0, 0.05) is 0 Å². The van der Waals surface area contributed by atoms with E-state index in [2.05, 4.69) is 37.8 Å². The summed E-state index contributed by atoms with van der Waals surface area (Å²) in [6.45, 7) is 6.23. The van der Waals surface area contributed by atoms with Crippen LogP contribution in [-0.2, 0) is 6.42 Å². The second-order valence-electron chi connectivity index (χ2n) is 9.84. The van der Waals surface area contributed by atoms with Crippen molar-refractivity contribution in [2.24, 2.45) is 17.8 Å². The Bertz CT molecular complexity index is 603. The summed E-state index contributed by atoms with van der Waals surface area (Å²) < 4.78 is 5.56.